The molecule has 1 saturated heterocycles. The molecule has 1 N–H and O–H groups in total. The third-order valence-corrected chi connectivity index (χ3v) is 6.30. The van der Waals surface area contributed by atoms with Crippen molar-refractivity contribution in [3.63, 3.8) is 0 Å². The predicted octanol–water partition coefficient (Wildman–Crippen LogP) is 3.46. The Kier molecular flexibility index (Phi) is 6.10. The maximum atomic E-state index is 14.4. The zero-order valence-corrected chi connectivity index (χ0v) is 20.2. The molecule has 0 unspecified atom stereocenters. The number of hydrogen-bond acceptors (Lipinski definition) is 6. The summed E-state index contributed by atoms with van der Waals surface area (Å²) >= 11 is 5.12. The maximum Gasteiger partial charge on any atom is 0.270 e. The topological polar surface area (TPSA) is 96.0 Å². The Labute approximate surface area is 215 Å². The molecule has 0 bridgehead atoms. The van der Waals surface area contributed by atoms with Crippen molar-refractivity contribution < 1.29 is 28.3 Å². The molecule has 0 spiro atoms. The molecule has 184 valence electrons. The van der Waals surface area contributed by atoms with Crippen molar-refractivity contribution in [2.45, 2.75) is 6.54 Å². The highest BCUT2D eigenvalue weighted by atomic mass is 32.1. The van der Waals surface area contributed by atoms with Gasteiger partial charge >= 0.3 is 0 Å². The van der Waals surface area contributed by atoms with Gasteiger partial charge in [0.1, 0.15) is 17.1 Å². The number of ether oxygens (including phenoxy) is 1. The minimum atomic E-state index is -0.795. The Balaban J connectivity index is 1.49. The van der Waals surface area contributed by atoms with Crippen molar-refractivity contribution in [1.29, 1.82) is 0 Å². The number of fused-ring (bicyclic) bond motifs is 1. The molecule has 3 aromatic carbocycles. The van der Waals surface area contributed by atoms with E-state index < -0.39 is 29.4 Å². The number of halogens is 1. The third-order valence-electron chi connectivity index (χ3n) is 6.02. The second-order valence-corrected chi connectivity index (χ2v) is 8.61. The van der Waals surface area contributed by atoms with E-state index >= 15 is 0 Å². The first-order chi connectivity index (χ1) is 17.8. The van der Waals surface area contributed by atoms with Crippen LogP contribution in [0.3, 0.4) is 0 Å². The van der Waals surface area contributed by atoms with Crippen LogP contribution in [0.1, 0.15) is 31.8 Å². The van der Waals surface area contributed by atoms with E-state index in [4.69, 9.17) is 17.0 Å². The molecular formula is C27H18FN3O5S. The summed E-state index contributed by atoms with van der Waals surface area (Å²) in [5.74, 6) is -2.66. The number of rotatable bonds is 5. The van der Waals surface area contributed by atoms with Crippen LogP contribution in [0, 0.1) is 5.82 Å². The standard InChI is InChI=1S/C27H18FN3O5S/c1-36-22-11-10-15(12-16(22)14-30-24(33)17-6-2-3-7-18(17)25(30)34)13-19-23(32)29-27(37)31(26(19)35)21-9-5-4-8-20(21)28/h2-13H,14H2,1H3,(H,29,32,37). The lowest BCUT2D eigenvalue weighted by Crippen LogP contribution is -2.54. The summed E-state index contributed by atoms with van der Waals surface area (Å²) in [6.45, 7) is -0.0852. The fourth-order valence-corrected chi connectivity index (χ4v) is 4.51. The number of carbonyl (C=O) groups is 4. The number of nitrogens with zero attached hydrogens (tertiary/aromatic N) is 2. The lowest BCUT2D eigenvalue weighted by atomic mass is 10.0. The lowest BCUT2D eigenvalue weighted by molar-refractivity contribution is -0.122. The molecule has 5 rings (SSSR count). The molecule has 2 aliphatic rings. The summed E-state index contributed by atoms with van der Waals surface area (Å²) in [6.07, 6.45) is 1.33. The van der Waals surface area contributed by atoms with Gasteiger partial charge in [0.05, 0.1) is 30.5 Å². The van der Waals surface area contributed by atoms with Crippen molar-refractivity contribution >= 4 is 52.7 Å². The van der Waals surface area contributed by atoms with Crippen molar-refractivity contribution in [2.24, 2.45) is 0 Å². The van der Waals surface area contributed by atoms with Gasteiger partial charge < -0.3 is 4.74 Å². The second-order valence-electron chi connectivity index (χ2n) is 8.22. The largest absolute Gasteiger partial charge is 0.496 e. The van der Waals surface area contributed by atoms with Crippen LogP contribution >= 0.6 is 12.2 Å². The monoisotopic (exact) mass is 515 g/mol. The number of hydrogen-bond donors (Lipinski definition) is 1. The van der Waals surface area contributed by atoms with Crippen molar-refractivity contribution in [3.8, 4) is 5.75 Å². The first kappa shape index (κ1) is 24.0. The van der Waals surface area contributed by atoms with Crippen molar-refractivity contribution in [1.82, 2.24) is 10.2 Å². The Morgan fingerprint density at radius 2 is 1.57 bits per heavy atom. The van der Waals surface area contributed by atoms with E-state index in [2.05, 4.69) is 5.32 Å². The number of imide groups is 1. The van der Waals surface area contributed by atoms with Gasteiger partial charge in [-0.1, -0.05) is 30.3 Å². The molecular weight excluding hydrogens is 497 g/mol. The van der Waals surface area contributed by atoms with Gasteiger partial charge in [0, 0.05) is 5.56 Å². The van der Waals surface area contributed by atoms with Crippen LogP contribution in [-0.2, 0) is 16.1 Å². The van der Waals surface area contributed by atoms with E-state index in [1.54, 1.807) is 48.5 Å². The molecule has 2 aliphatic heterocycles. The number of nitrogens with one attached hydrogen (secondary N) is 1. The second kappa shape index (κ2) is 9.40. The van der Waals surface area contributed by atoms with Crippen molar-refractivity contribution in [2.75, 3.05) is 12.0 Å². The van der Waals surface area contributed by atoms with Gasteiger partial charge in [-0.2, -0.15) is 0 Å². The normalized spacial score (nSPS) is 16.4. The number of benzene rings is 3. The van der Waals surface area contributed by atoms with Gasteiger partial charge in [-0.15, -0.1) is 0 Å². The summed E-state index contributed by atoms with van der Waals surface area (Å²) < 4.78 is 19.8. The minimum Gasteiger partial charge on any atom is -0.496 e. The van der Waals surface area contributed by atoms with E-state index in [0.29, 0.717) is 28.0 Å². The van der Waals surface area contributed by atoms with E-state index in [1.165, 1.54) is 31.4 Å². The van der Waals surface area contributed by atoms with E-state index in [0.717, 1.165) is 9.80 Å². The third kappa shape index (κ3) is 4.17. The average molecular weight is 516 g/mol. The van der Waals surface area contributed by atoms with Crippen LogP contribution in [0.25, 0.3) is 6.08 Å². The smallest absolute Gasteiger partial charge is 0.270 e. The minimum absolute atomic E-state index is 0.0852. The highest BCUT2D eigenvalue weighted by Gasteiger charge is 2.37. The highest BCUT2D eigenvalue weighted by molar-refractivity contribution is 7.80. The maximum absolute atomic E-state index is 14.4. The predicted molar refractivity (Wildman–Crippen MR) is 136 cm³/mol. The lowest BCUT2D eigenvalue weighted by Gasteiger charge is -2.29. The van der Waals surface area contributed by atoms with Crippen LogP contribution in [0.5, 0.6) is 5.75 Å². The van der Waals surface area contributed by atoms with E-state index in [9.17, 15) is 23.6 Å². The molecule has 2 heterocycles. The first-order valence-electron chi connectivity index (χ1n) is 11.1. The summed E-state index contributed by atoms with van der Waals surface area (Å²) in [4.78, 5) is 53.6. The molecule has 3 aromatic rings. The molecule has 8 nitrogen and oxygen atoms in total. The number of carbonyl (C=O) groups excluding carboxylic acids is 4. The van der Waals surface area contributed by atoms with Crippen molar-refractivity contribution in [3.05, 3.63) is 100 Å². The Bertz CT molecular complexity index is 1520. The van der Waals surface area contributed by atoms with Crippen LogP contribution in [0.4, 0.5) is 10.1 Å². The zero-order chi connectivity index (χ0) is 26.3. The van der Waals surface area contributed by atoms with Crippen LogP contribution < -0.4 is 15.0 Å². The van der Waals surface area contributed by atoms with Gasteiger partial charge in [-0.3, -0.25) is 29.4 Å². The summed E-state index contributed by atoms with van der Waals surface area (Å²) in [7, 11) is 1.45. The van der Waals surface area contributed by atoms with Crippen LogP contribution in [0.15, 0.2) is 72.3 Å². The Morgan fingerprint density at radius 3 is 2.22 bits per heavy atom. The highest BCUT2D eigenvalue weighted by Crippen LogP contribution is 2.29. The van der Waals surface area contributed by atoms with Crippen LogP contribution in [-0.4, -0.2) is 40.8 Å². The fraction of sp³-hybridized carbons (Fsp3) is 0.0741. The molecule has 37 heavy (non-hydrogen) atoms. The summed E-state index contributed by atoms with van der Waals surface area (Å²) in [5, 5.41) is 2.18. The van der Waals surface area contributed by atoms with Gasteiger partial charge in [0.25, 0.3) is 23.6 Å². The number of methoxy groups -OCH3 is 1. The fourth-order valence-electron chi connectivity index (χ4n) is 4.24. The summed E-state index contributed by atoms with van der Waals surface area (Å²) in [6, 6.07) is 16.9. The SMILES string of the molecule is COc1ccc(C=C2C(=O)NC(=S)N(c3ccccc3F)C2=O)cc1CN1C(=O)c2ccccc2C1=O. The molecule has 0 aliphatic carbocycles. The van der Waals surface area contributed by atoms with Gasteiger partial charge in [-0.05, 0) is 60.3 Å². The quantitative estimate of drug-likeness (QED) is 0.242. The molecule has 0 radical (unpaired) electrons. The first-order valence-corrected chi connectivity index (χ1v) is 11.5. The van der Waals surface area contributed by atoms with Gasteiger partial charge in [-0.25, -0.2) is 9.29 Å². The Morgan fingerprint density at radius 1 is 0.919 bits per heavy atom. The van der Waals surface area contributed by atoms with Crippen LogP contribution in [0.2, 0.25) is 0 Å². The molecule has 10 heteroatoms. The molecule has 1 fully saturated rings. The van der Waals surface area contributed by atoms with E-state index in [1.807, 2.05) is 0 Å². The molecule has 0 atom stereocenters. The van der Waals surface area contributed by atoms with E-state index in [-0.39, 0.29) is 22.9 Å². The number of thiocarbonyl (C=S) groups is 1. The molecule has 0 aromatic heterocycles. The Hall–Kier alpha value is -4.70. The zero-order valence-electron chi connectivity index (χ0n) is 19.4. The number of anilines is 1. The molecule has 4 amide bonds. The number of amides is 4. The number of para-hydroxylation sites is 1. The van der Waals surface area contributed by atoms with Gasteiger partial charge in [0.2, 0.25) is 0 Å². The summed E-state index contributed by atoms with van der Waals surface area (Å²) in [5.41, 5.74) is 1.18. The average Bonchev–Trinajstić information content (AvgIpc) is 3.12. The van der Waals surface area contributed by atoms with Gasteiger partial charge in [0.15, 0.2) is 5.11 Å². The molecule has 0 saturated carbocycles.